The third-order valence-corrected chi connectivity index (χ3v) is 2.51. The zero-order valence-electron chi connectivity index (χ0n) is 12.4. The Morgan fingerprint density at radius 2 is 2.24 bits per heavy atom. The molecule has 1 rings (SSSR count). The van der Waals surface area contributed by atoms with Crippen LogP contribution in [-0.2, 0) is 4.74 Å². The Hall–Kier alpha value is -2.22. The molecule has 2 N–H and O–H groups in total. The molecule has 0 aliphatic heterocycles. The number of aromatic nitrogens is 1. The van der Waals surface area contributed by atoms with E-state index in [0.717, 1.165) is 6.20 Å². The van der Waals surface area contributed by atoms with Gasteiger partial charge in [-0.05, 0) is 20.8 Å². The molecule has 21 heavy (non-hydrogen) atoms. The van der Waals surface area contributed by atoms with E-state index in [0.29, 0.717) is 25.5 Å². The minimum absolute atomic E-state index is 0.0821. The van der Waals surface area contributed by atoms with Gasteiger partial charge in [0.1, 0.15) is 12.0 Å². The highest BCUT2D eigenvalue weighted by atomic mass is 16.6. The number of hydrogen-bond donors (Lipinski definition) is 2. The number of ether oxygens (including phenoxy) is 1. The molecule has 1 aromatic rings. The van der Waals surface area contributed by atoms with Crippen molar-refractivity contribution < 1.29 is 14.5 Å². The summed E-state index contributed by atoms with van der Waals surface area (Å²) >= 11 is 0. The van der Waals surface area contributed by atoms with Crippen LogP contribution in [0.4, 0.5) is 11.5 Å². The van der Waals surface area contributed by atoms with Crippen molar-refractivity contribution in [2.45, 2.75) is 26.9 Å². The van der Waals surface area contributed by atoms with Crippen molar-refractivity contribution in [2.24, 2.45) is 0 Å². The zero-order valence-corrected chi connectivity index (χ0v) is 12.4. The minimum atomic E-state index is -0.582. The van der Waals surface area contributed by atoms with Crippen LogP contribution in [0.15, 0.2) is 12.3 Å². The molecular weight excluding hydrogens is 276 g/mol. The Morgan fingerprint density at radius 1 is 1.52 bits per heavy atom. The van der Waals surface area contributed by atoms with E-state index in [1.165, 1.54) is 6.07 Å². The highest BCUT2D eigenvalue weighted by Gasteiger charge is 2.17. The number of nitro groups is 1. The van der Waals surface area contributed by atoms with Gasteiger partial charge in [0.25, 0.3) is 11.6 Å². The predicted octanol–water partition coefficient (Wildman–Crippen LogP) is 1.58. The van der Waals surface area contributed by atoms with Crippen molar-refractivity contribution in [1.82, 2.24) is 10.3 Å². The van der Waals surface area contributed by atoms with Crippen LogP contribution in [0, 0.1) is 10.1 Å². The molecule has 0 saturated carbocycles. The molecule has 0 unspecified atom stereocenters. The van der Waals surface area contributed by atoms with Crippen molar-refractivity contribution in [2.75, 3.05) is 25.0 Å². The lowest BCUT2D eigenvalue weighted by Crippen LogP contribution is -2.29. The van der Waals surface area contributed by atoms with Crippen LogP contribution in [0.5, 0.6) is 0 Å². The summed E-state index contributed by atoms with van der Waals surface area (Å²) in [5, 5.41) is 16.3. The summed E-state index contributed by atoms with van der Waals surface area (Å²) in [6, 6.07) is 1.21. The molecule has 1 heterocycles. The largest absolute Gasteiger partial charge is 0.377 e. The van der Waals surface area contributed by atoms with Crippen LogP contribution in [0.1, 0.15) is 31.1 Å². The number of rotatable bonds is 8. The summed E-state index contributed by atoms with van der Waals surface area (Å²) in [5.41, 5.74) is -0.0733. The van der Waals surface area contributed by atoms with E-state index in [1.807, 2.05) is 20.8 Å². The second-order valence-electron chi connectivity index (χ2n) is 4.55. The van der Waals surface area contributed by atoms with Gasteiger partial charge in [-0.15, -0.1) is 0 Å². The fourth-order valence-electron chi connectivity index (χ4n) is 1.59. The number of pyridine rings is 1. The summed E-state index contributed by atoms with van der Waals surface area (Å²) in [6.45, 7) is 6.90. The van der Waals surface area contributed by atoms with Gasteiger partial charge >= 0.3 is 0 Å². The average Bonchev–Trinajstić information content (AvgIpc) is 2.43. The molecule has 0 aliphatic carbocycles. The number of anilines is 1. The molecule has 8 nitrogen and oxygen atoms in total. The molecule has 0 atom stereocenters. The Balaban J connectivity index is 2.79. The zero-order chi connectivity index (χ0) is 15.8. The van der Waals surface area contributed by atoms with Gasteiger partial charge in [-0.2, -0.15) is 0 Å². The van der Waals surface area contributed by atoms with Gasteiger partial charge in [-0.1, -0.05) is 0 Å². The normalized spacial score (nSPS) is 10.5. The van der Waals surface area contributed by atoms with Crippen LogP contribution >= 0.6 is 0 Å². The Kier molecular flexibility index (Phi) is 6.54. The van der Waals surface area contributed by atoms with Crippen LogP contribution in [0.25, 0.3) is 0 Å². The molecule has 116 valence electrons. The van der Waals surface area contributed by atoms with E-state index in [9.17, 15) is 14.9 Å². The summed E-state index contributed by atoms with van der Waals surface area (Å²) in [5.74, 6) is -0.0973. The van der Waals surface area contributed by atoms with Crippen molar-refractivity contribution in [3.8, 4) is 0 Å². The first-order valence-corrected chi connectivity index (χ1v) is 6.73. The van der Waals surface area contributed by atoms with Gasteiger partial charge in [-0.25, -0.2) is 4.98 Å². The number of amides is 1. The maximum atomic E-state index is 12.1. The molecule has 1 amide bonds. The van der Waals surface area contributed by atoms with E-state index in [-0.39, 0.29) is 17.4 Å². The lowest BCUT2D eigenvalue weighted by molar-refractivity contribution is -0.385. The maximum Gasteiger partial charge on any atom is 0.288 e. The quantitative estimate of drug-likeness (QED) is 0.428. The Bertz CT molecular complexity index is 505. The van der Waals surface area contributed by atoms with Crippen LogP contribution < -0.4 is 10.6 Å². The molecule has 0 fully saturated rings. The molecule has 0 aromatic carbocycles. The fraction of sp³-hybridized carbons (Fsp3) is 0.538. The van der Waals surface area contributed by atoms with Crippen molar-refractivity contribution in [1.29, 1.82) is 0 Å². The second-order valence-corrected chi connectivity index (χ2v) is 4.55. The third kappa shape index (κ3) is 5.35. The number of hydrogen-bond acceptors (Lipinski definition) is 6. The Morgan fingerprint density at radius 3 is 2.81 bits per heavy atom. The minimum Gasteiger partial charge on any atom is -0.377 e. The van der Waals surface area contributed by atoms with Crippen LogP contribution in [0.2, 0.25) is 0 Å². The highest BCUT2D eigenvalue weighted by molar-refractivity contribution is 5.99. The molecule has 0 aliphatic rings. The molecule has 8 heteroatoms. The lowest BCUT2D eigenvalue weighted by atomic mass is 10.2. The van der Waals surface area contributed by atoms with Crippen molar-refractivity contribution in [3.63, 3.8) is 0 Å². The number of carbonyl (C=O) groups excluding carboxylic acids is 1. The first kappa shape index (κ1) is 16.8. The van der Waals surface area contributed by atoms with E-state index < -0.39 is 10.8 Å². The van der Waals surface area contributed by atoms with Crippen LogP contribution in [-0.4, -0.2) is 41.6 Å². The standard InChI is InChI=1S/C13H20N4O4/c1-4-14-12-11(7-10(8-16-12)17(19)20)13(18)15-5-6-21-9(2)3/h7-9H,4-6H2,1-3H3,(H,14,16)(H,15,18). The van der Waals surface area contributed by atoms with Gasteiger partial charge in [0, 0.05) is 19.2 Å². The van der Waals surface area contributed by atoms with Crippen LogP contribution in [0.3, 0.4) is 0 Å². The first-order chi connectivity index (χ1) is 9.95. The summed E-state index contributed by atoms with van der Waals surface area (Å²) in [4.78, 5) is 26.2. The maximum absolute atomic E-state index is 12.1. The molecular formula is C13H20N4O4. The van der Waals surface area contributed by atoms with Gasteiger partial charge in [0.15, 0.2) is 0 Å². The molecule has 0 bridgehead atoms. The summed E-state index contributed by atoms with van der Waals surface area (Å²) < 4.78 is 5.31. The smallest absolute Gasteiger partial charge is 0.288 e. The summed E-state index contributed by atoms with van der Waals surface area (Å²) in [6.07, 6.45) is 1.20. The average molecular weight is 296 g/mol. The number of carbonyl (C=O) groups is 1. The monoisotopic (exact) mass is 296 g/mol. The topological polar surface area (TPSA) is 106 Å². The second kappa shape index (κ2) is 8.15. The van der Waals surface area contributed by atoms with E-state index >= 15 is 0 Å². The number of nitrogens with zero attached hydrogens (tertiary/aromatic N) is 2. The molecule has 0 spiro atoms. The van der Waals surface area contributed by atoms with E-state index in [1.54, 1.807) is 0 Å². The molecule has 0 saturated heterocycles. The Labute approximate surface area is 123 Å². The molecule has 1 aromatic heterocycles. The van der Waals surface area contributed by atoms with Gasteiger partial charge in [0.05, 0.1) is 23.2 Å². The fourth-order valence-corrected chi connectivity index (χ4v) is 1.59. The van der Waals surface area contributed by atoms with E-state index in [2.05, 4.69) is 15.6 Å². The third-order valence-electron chi connectivity index (χ3n) is 2.51. The highest BCUT2D eigenvalue weighted by Crippen LogP contribution is 2.18. The predicted molar refractivity (Wildman–Crippen MR) is 78.5 cm³/mol. The van der Waals surface area contributed by atoms with Gasteiger partial charge in [-0.3, -0.25) is 14.9 Å². The van der Waals surface area contributed by atoms with Gasteiger partial charge < -0.3 is 15.4 Å². The SMILES string of the molecule is CCNc1ncc([N+](=O)[O-])cc1C(=O)NCCOC(C)C. The number of nitrogens with one attached hydrogen (secondary N) is 2. The summed E-state index contributed by atoms with van der Waals surface area (Å²) in [7, 11) is 0. The van der Waals surface area contributed by atoms with Gasteiger partial charge in [0.2, 0.25) is 0 Å². The first-order valence-electron chi connectivity index (χ1n) is 6.73. The van der Waals surface area contributed by atoms with E-state index in [4.69, 9.17) is 4.74 Å². The van der Waals surface area contributed by atoms with Crippen molar-refractivity contribution in [3.05, 3.63) is 27.9 Å². The lowest BCUT2D eigenvalue weighted by Gasteiger charge is -2.11. The molecule has 0 radical (unpaired) electrons. The van der Waals surface area contributed by atoms with Crippen molar-refractivity contribution >= 4 is 17.4 Å².